The Morgan fingerprint density at radius 3 is 2.96 bits per heavy atom. The van der Waals surface area contributed by atoms with Gasteiger partial charge in [0, 0.05) is 40.4 Å². The lowest BCUT2D eigenvalue weighted by Crippen LogP contribution is -2.33. The summed E-state index contributed by atoms with van der Waals surface area (Å²) in [5.74, 6) is 1.55. The molecule has 0 unspecified atom stereocenters. The molecule has 1 aliphatic heterocycles. The highest BCUT2D eigenvalue weighted by Gasteiger charge is 2.26. The molecule has 1 saturated heterocycles. The predicted molar refractivity (Wildman–Crippen MR) is 100 cm³/mol. The van der Waals surface area contributed by atoms with E-state index in [1.54, 1.807) is 15.9 Å². The zero-order valence-electron chi connectivity index (χ0n) is 14.2. The Morgan fingerprint density at radius 1 is 1.28 bits per heavy atom. The fraction of sp³-hybridized carbons (Fsp3) is 0.412. The Labute approximate surface area is 154 Å². The second-order valence-electron chi connectivity index (χ2n) is 6.14. The molecule has 0 N–H and O–H groups in total. The summed E-state index contributed by atoms with van der Waals surface area (Å²) in [4.78, 5) is 24.8. The first-order valence-corrected chi connectivity index (χ1v) is 10.2. The normalized spacial score (nSPS) is 18.5. The standard InChI is InChI=1S/C17H19N5OS2/c1-11-10-12(2)22-17(18-11)19-15(20-22)16(23)21-6-5-14(25-9-7-21)13-4-3-8-24-13/h3-4,8,10,14H,5-7,9H2,1-2H3/t14-/m1/s1. The molecule has 4 heterocycles. The second-order valence-corrected chi connectivity index (χ2v) is 8.43. The molecule has 8 heteroatoms. The van der Waals surface area contributed by atoms with Crippen LogP contribution >= 0.6 is 23.1 Å². The van der Waals surface area contributed by atoms with Gasteiger partial charge in [0.15, 0.2) is 0 Å². The van der Waals surface area contributed by atoms with Crippen LogP contribution in [-0.4, -0.2) is 49.2 Å². The molecule has 0 bridgehead atoms. The average molecular weight is 374 g/mol. The van der Waals surface area contributed by atoms with Crippen LogP contribution in [-0.2, 0) is 0 Å². The van der Waals surface area contributed by atoms with Crippen LogP contribution in [0.25, 0.3) is 5.78 Å². The van der Waals surface area contributed by atoms with E-state index in [9.17, 15) is 4.79 Å². The Kier molecular flexibility index (Phi) is 4.47. The first kappa shape index (κ1) is 16.5. The number of thiophene rings is 1. The van der Waals surface area contributed by atoms with Crippen LogP contribution in [0.1, 0.15) is 38.6 Å². The number of carbonyl (C=O) groups excluding carboxylic acids is 1. The number of fused-ring (bicyclic) bond motifs is 1. The van der Waals surface area contributed by atoms with Crippen LogP contribution in [0.3, 0.4) is 0 Å². The van der Waals surface area contributed by atoms with Crippen LogP contribution in [0.5, 0.6) is 0 Å². The number of hydrogen-bond donors (Lipinski definition) is 0. The van der Waals surface area contributed by atoms with Gasteiger partial charge in [-0.3, -0.25) is 4.79 Å². The summed E-state index contributed by atoms with van der Waals surface area (Å²) in [7, 11) is 0. The molecule has 0 aromatic carbocycles. The molecule has 0 aliphatic carbocycles. The van der Waals surface area contributed by atoms with Gasteiger partial charge in [-0.2, -0.15) is 16.7 Å². The highest BCUT2D eigenvalue weighted by Crippen LogP contribution is 2.36. The van der Waals surface area contributed by atoms with Crippen LogP contribution in [0.2, 0.25) is 0 Å². The zero-order valence-corrected chi connectivity index (χ0v) is 15.8. The van der Waals surface area contributed by atoms with Gasteiger partial charge < -0.3 is 4.90 Å². The molecule has 25 heavy (non-hydrogen) atoms. The molecule has 130 valence electrons. The number of aromatic nitrogens is 4. The Hall–Kier alpha value is -1.93. The van der Waals surface area contributed by atoms with Crippen LogP contribution in [0, 0.1) is 13.8 Å². The summed E-state index contributed by atoms with van der Waals surface area (Å²) in [6.45, 7) is 5.32. The maximum absolute atomic E-state index is 12.9. The molecule has 1 atom stereocenters. The van der Waals surface area contributed by atoms with Gasteiger partial charge >= 0.3 is 0 Å². The van der Waals surface area contributed by atoms with Crippen molar-refractivity contribution in [1.29, 1.82) is 0 Å². The molecule has 1 aliphatic rings. The number of amides is 1. The van der Waals surface area contributed by atoms with Gasteiger partial charge in [0.2, 0.25) is 5.82 Å². The van der Waals surface area contributed by atoms with E-state index < -0.39 is 0 Å². The lowest BCUT2D eigenvalue weighted by molar-refractivity contribution is 0.0754. The predicted octanol–water partition coefficient (Wildman–Crippen LogP) is 3.12. The van der Waals surface area contributed by atoms with E-state index >= 15 is 0 Å². The third kappa shape index (κ3) is 3.28. The molecule has 0 radical (unpaired) electrons. The third-order valence-corrected chi connectivity index (χ3v) is 6.74. The first-order chi connectivity index (χ1) is 12.1. The van der Waals surface area contributed by atoms with E-state index in [-0.39, 0.29) is 11.7 Å². The van der Waals surface area contributed by atoms with Crippen LogP contribution in [0.4, 0.5) is 0 Å². The van der Waals surface area contributed by atoms with Gasteiger partial charge in [-0.1, -0.05) is 6.07 Å². The lowest BCUT2D eigenvalue weighted by Gasteiger charge is -2.18. The molecule has 1 fully saturated rings. The number of thioether (sulfide) groups is 1. The molecular formula is C17H19N5OS2. The molecule has 0 spiro atoms. The van der Waals surface area contributed by atoms with Gasteiger partial charge in [-0.15, -0.1) is 16.4 Å². The molecule has 3 aromatic heterocycles. The van der Waals surface area contributed by atoms with E-state index in [2.05, 4.69) is 32.6 Å². The minimum atomic E-state index is -0.102. The average Bonchev–Trinajstić information content (AvgIpc) is 3.19. The number of nitrogens with zero attached hydrogens (tertiary/aromatic N) is 5. The summed E-state index contributed by atoms with van der Waals surface area (Å²) in [5.41, 5.74) is 1.81. The van der Waals surface area contributed by atoms with E-state index in [4.69, 9.17) is 0 Å². The number of hydrogen-bond acceptors (Lipinski definition) is 6. The topological polar surface area (TPSA) is 63.4 Å². The van der Waals surface area contributed by atoms with Gasteiger partial charge in [0.25, 0.3) is 11.7 Å². The van der Waals surface area contributed by atoms with E-state index in [1.165, 1.54) is 4.88 Å². The highest BCUT2D eigenvalue weighted by atomic mass is 32.2. The van der Waals surface area contributed by atoms with Gasteiger partial charge in [0.05, 0.1) is 0 Å². The second kappa shape index (κ2) is 6.76. The van der Waals surface area contributed by atoms with E-state index in [0.717, 1.165) is 36.7 Å². The fourth-order valence-electron chi connectivity index (χ4n) is 3.07. The van der Waals surface area contributed by atoms with Crippen LogP contribution in [0.15, 0.2) is 23.6 Å². The van der Waals surface area contributed by atoms with Crippen LogP contribution < -0.4 is 0 Å². The van der Waals surface area contributed by atoms with Crippen molar-refractivity contribution in [2.75, 3.05) is 18.8 Å². The summed E-state index contributed by atoms with van der Waals surface area (Å²) in [6.07, 6.45) is 0.959. The molecule has 6 nitrogen and oxygen atoms in total. The summed E-state index contributed by atoms with van der Waals surface area (Å²) >= 11 is 3.72. The molecule has 0 saturated carbocycles. The first-order valence-electron chi connectivity index (χ1n) is 8.27. The van der Waals surface area contributed by atoms with E-state index in [1.807, 2.05) is 36.6 Å². The largest absolute Gasteiger partial charge is 0.335 e. The van der Waals surface area contributed by atoms with Crippen molar-refractivity contribution >= 4 is 34.8 Å². The summed E-state index contributed by atoms with van der Waals surface area (Å²) in [5, 5.41) is 6.96. The number of carbonyl (C=O) groups is 1. The molecular weight excluding hydrogens is 354 g/mol. The van der Waals surface area contributed by atoms with Crippen molar-refractivity contribution in [3.63, 3.8) is 0 Å². The Bertz CT molecular complexity index is 905. The third-order valence-electron chi connectivity index (χ3n) is 4.30. The number of rotatable bonds is 2. The Morgan fingerprint density at radius 2 is 2.16 bits per heavy atom. The maximum atomic E-state index is 12.9. The zero-order chi connectivity index (χ0) is 17.4. The van der Waals surface area contributed by atoms with Crippen molar-refractivity contribution in [2.24, 2.45) is 0 Å². The highest BCUT2D eigenvalue weighted by molar-refractivity contribution is 7.99. The van der Waals surface area contributed by atoms with Gasteiger partial charge in [-0.05, 0) is 37.8 Å². The van der Waals surface area contributed by atoms with Crippen molar-refractivity contribution in [3.8, 4) is 0 Å². The van der Waals surface area contributed by atoms with Gasteiger partial charge in [-0.25, -0.2) is 9.50 Å². The van der Waals surface area contributed by atoms with Gasteiger partial charge in [0.1, 0.15) is 0 Å². The number of aryl methyl sites for hydroxylation is 2. The monoisotopic (exact) mass is 373 g/mol. The minimum absolute atomic E-state index is 0.102. The van der Waals surface area contributed by atoms with Crippen molar-refractivity contribution in [3.05, 3.63) is 45.7 Å². The lowest BCUT2D eigenvalue weighted by atomic mass is 10.2. The smallest absolute Gasteiger partial charge is 0.293 e. The van der Waals surface area contributed by atoms with Crippen molar-refractivity contribution in [2.45, 2.75) is 25.5 Å². The van der Waals surface area contributed by atoms with E-state index in [0.29, 0.717) is 11.0 Å². The summed E-state index contributed by atoms with van der Waals surface area (Å²) < 4.78 is 1.64. The fourth-order valence-corrected chi connectivity index (χ4v) is 5.31. The minimum Gasteiger partial charge on any atom is -0.335 e. The maximum Gasteiger partial charge on any atom is 0.293 e. The quantitative estimate of drug-likeness (QED) is 0.691. The van der Waals surface area contributed by atoms with Crippen molar-refractivity contribution < 1.29 is 4.79 Å². The molecule has 3 aromatic rings. The van der Waals surface area contributed by atoms with Crippen molar-refractivity contribution in [1.82, 2.24) is 24.5 Å². The summed E-state index contributed by atoms with van der Waals surface area (Å²) in [6, 6.07) is 6.21. The SMILES string of the molecule is Cc1cc(C)n2nc(C(=O)N3CCS[C@@H](c4cccs4)CC3)nc2n1. The Balaban J connectivity index is 1.54. The molecule has 1 amide bonds. The molecule has 4 rings (SSSR count).